The van der Waals surface area contributed by atoms with E-state index in [1.165, 1.54) is 6.07 Å². The maximum atomic E-state index is 12.1. The van der Waals surface area contributed by atoms with Crippen LogP contribution in [0.5, 0.6) is 5.75 Å². The zero-order chi connectivity index (χ0) is 30.5. The Morgan fingerprint density at radius 3 is 2.27 bits per heavy atom. The van der Waals surface area contributed by atoms with Crippen LogP contribution in [0.3, 0.4) is 0 Å². The molecule has 2 aromatic heterocycles. The smallest absolute Gasteiger partial charge is 0.442 e. The molecule has 4 rings (SSSR count). The third-order valence-electron chi connectivity index (χ3n) is 5.75. The van der Waals surface area contributed by atoms with E-state index in [2.05, 4.69) is 10.2 Å². The first-order valence-electron chi connectivity index (χ1n) is 12.9. The van der Waals surface area contributed by atoms with Crippen molar-refractivity contribution in [2.24, 2.45) is 0 Å². The first kappa shape index (κ1) is 32.2. The number of aryl methyl sites for hydroxylation is 2. The Morgan fingerprint density at radius 1 is 1.10 bits per heavy atom. The molecule has 0 radical (unpaired) electrons. The van der Waals surface area contributed by atoms with Crippen molar-refractivity contribution in [3.8, 4) is 11.4 Å². The zero-order valence-corrected chi connectivity index (χ0v) is 26.4. The second kappa shape index (κ2) is 13.6. The van der Waals surface area contributed by atoms with Crippen molar-refractivity contribution in [3.05, 3.63) is 86.4 Å². The van der Waals surface area contributed by atoms with Crippen molar-refractivity contribution in [2.75, 3.05) is 10.8 Å². The summed E-state index contributed by atoms with van der Waals surface area (Å²) >= 11 is 18.0. The fourth-order valence-corrected chi connectivity index (χ4v) is 4.52. The molecule has 0 aliphatic carbocycles. The molecule has 0 saturated carbocycles. The minimum Gasteiger partial charge on any atom is -0.489 e. The minimum atomic E-state index is -0.607. The summed E-state index contributed by atoms with van der Waals surface area (Å²) in [6.07, 6.45) is 3.45. The van der Waals surface area contributed by atoms with Gasteiger partial charge in [0.2, 0.25) is 11.8 Å². The topological polar surface area (TPSA) is 95.4 Å². The highest BCUT2D eigenvalue weighted by Gasteiger charge is 2.24. The number of hydrogen-bond donors (Lipinski definition) is 0. The highest BCUT2D eigenvalue weighted by atomic mass is 35.5. The van der Waals surface area contributed by atoms with Crippen LogP contribution in [-0.2, 0) is 16.9 Å². The molecule has 2 aromatic carbocycles. The SMILES string of the molecule is CC(C)Oc1cc(-n2nc(C(C)(C)C)oc2=O)c(Cl)cc1Cl.Cc1cccc(C)c1N(Cn1cccn1)C(=O)CCl. The lowest BCUT2D eigenvalue weighted by molar-refractivity contribution is -0.116. The van der Waals surface area contributed by atoms with Crippen molar-refractivity contribution in [3.63, 3.8) is 0 Å². The van der Waals surface area contributed by atoms with Gasteiger partial charge in [0.1, 0.15) is 18.3 Å². The van der Waals surface area contributed by atoms with Gasteiger partial charge in [0.25, 0.3) is 0 Å². The van der Waals surface area contributed by atoms with E-state index in [1.54, 1.807) is 21.8 Å². The van der Waals surface area contributed by atoms with Gasteiger partial charge in [0.05, 0.1) is 27.5 Å². The molecule has 9 nitrogen and oxygen atoms in total. The van der Waals surface area contributed by atoms with E-state index >= 15 is 0 Å². The van der Waals surface area contributed by atoms with Crippen LogP contribution in [-0.4, -0.2) is 37.5 Å². The maximum Gasteiger partial charge on any atom is 0.442 e. The molecule has 0 saturated heterocycles. The number of anilines is 1. The Kier molecular flexibility index (Phi) is 10.7. The summed E-state index contributed by atoms with van der Waals surface area (Å²) in [7, 11) is 0. The number of nitrogens with zero attached hydrogens (tertiary/aromatic N) is 5. The van der Waals surface area contributed by atoms with Crippen molar-refractivity contribution in [1.82, 2.24) is 19.6 Å². The Labute approximate surface area is 254 Å². The molecule has 220 valence electrons. The number of ether oxygens (including phenoxy) is 1. The number of carbonyl (C=O) groups excluding carboxylic acids is 1. The fraction of sp³-hybridized carbons (Fsp3) is 0.379. The predicted molar refractivity (Wildman–Crippen MR) is 163 cm³/mol. The molecule has 12 heteroatoms. The van der Waals surface area contributed by atoms with Crippen LogP contribution >= 0.6 is 34.8 Å². The minimum absolute atomic E-state index is 0.0466. The molecule has 0 fully saturated rings. The fourth-order valence-electron chi connectivity index (χ4n) is 3.87. The summed E-state index contributed by atoms with van der Waals surface area (Å²) in [4.78, 5) is 25.8. The number of alkyl halides is 1. The first-order valence-corrected chi connectivity index (χ1v) is 14.2. The third kappa shape index (κ3) is 8.15. The molecule has 1 amide bonds. The van der Waals surface area contributed by atoms with Crippen molar-refractivity contribution >= 4 is 46.4 Å². The number of amides is 1. The number of carbonyl (C=O) groups is 1. The maximum absolute atomic E-state index is 12.1. The van der Waals surface area contributed by atoms with E-state index in [0.29, 0.717) is 29.0 Å². The number of rotatable bonds is 7. The van der Waals surface area contributed by atoms with Crippen LogP contribution in [0.2, 0.25) is 10.0 Å². The van der Waals surface area contributed by atoms with Gasteiger partial charge < -0.3 is 9.15 Å². The van der Waals surface area contributed by atoms with Crippen LogP contribution in [0.25, 0.3) is 5.69 Å². The van der Waals surface area contributed by atoms with E-state index in [0.717, 1.165) is 21.5 Å². The monoisotopic (exact) mass is 621 g/mol. The Bertz CT molecular complexity index is 1520. The first-order chi connectivity index (χ1) is 19.2. The van der Waals surface area contributed by atoms with E-state index in [1.807, 2.05) is 78.9 Å². The molecule has 41 heavy (non-hydrogen) atoms. The van der Waals surface area contributed by atoms with Gasteiger partial charge in [-0.25, -0.2) is 4.79 Å². The summed E-state index contributed by atoms with van der Waals surface area (Å²) in [6.45, 7) is 13.8. The molecule has 0 aliphatic heterocycles. The summed E-state index contributed by atoms with van der Waals surface area (Å²) in [5.74, 6) is -0.0213. The summed E-state index contributed by atoms with van der Waals surface area (Å²) in [6, 6.07) is 10.9. The van der Waals surface area contributed by atoms with E-state index in [9.17, 15) is 9.59 Å². The van der Waals surface area contributed by atoms with Gasteiger partial charge in [-0.15, -0.1) is 16.7 Å². The quantitative estimate of drug-likeness (QED) is 0.207. The number of halogens is 3. The van der Waals surface area contributed by atoms with E-state index in [4.69, 9.17) is 44.0 Å². The number of para-hydroxylation sites is 1. The molecule has 0 bridgehead atoms. The Morgan fingerprint density at radius 2 is 1.76 bits per heavy atom. The van der Waals surface area contributed by atoms with Crippen LogP contribution in [0.15, 0.2) is 58.0 Å². The molecule has 0 unspecified atom stereocenters. The van der Waals surface area contributed by atoms with E-state index < -0.39 is 5.76 Å². The molecule has 0 aliphatic rings. The van der Waals surface area contributed by atoms with Gasteiger partial charge in [0, 0.05) is 23.9 Å². The number of aromatic nitrogens is 4. The van der Waals surface area contributed by atoms with E-state index in [-0.39, 0.29) is 28.3 Å². The van der Waals surface area contributed by atoms with Gasteiger partial charge in [0.15, 0.2) is 0 Å². The highest BCUT2D eigenvalue weighted by Crippen LogP contribution is 2.33. The molecule has 0 spiro atoms. The lowest BCUT2D eigenvalue weighted by atomic mass is 9.97. The predicted octanol–water partition coefficient (Wildman–Crippen LogP) is 6.95. The molecule has 4 aromatic rings. The Hall–Kier alpha value is -3.27. The van der Waals surface area contributed by atoms with Gasteiger partial charge in [-0.3, -0.25) is 14.4 Å². The number of hydrogen-bond acceptors (Lipinski definition) is 6. The largest absolute Gasteiger partial charge is 0.489 e. The molecule has 2 heterocycles. The van der Waals surface area contributed by atoms with Crippen LogP contribution in [0.1, 0.15) is 51.6 Å². The van der Waals surface area contributed by atoms with Crippen molar-refractivity contribution < 1.29 is 13.9 Å². The standard InChI is InChI=1S/C15H18Cl2N2O3.C14H16ClN3O/c1-8(2)21-12-7-11(9(16)6-10(12)17)19-14(20)22-13(18-19)15(3,4)5;1-11-5-3-6-12(2)14(11)18(13(19)9-15)10-17-8-4-7-16-17/h6-8H,1-5H3;3-8H,9-10H2,1-2H3. The van der Waals surface area contributed by atoms with Gasteiger partial charge in [-0.1, -0.05) is 62.2 Å². The highest BCUT2D eigenvalue weighted by molar-refractivity contribution is 6.36. The van der Waals surface area contributed by atoms with Crippen molar-refractivity contribution in [1.29, 1.82) is 0 Å². The third-order valence-corrected chi connectivity index (χ3v) is 6.58. The van der Waals surface area contributed by atoms with Crippen LogP contribution in [0.4, 0.5) is 5.69 Å². The van der Waals surface area contributed by atoms with Crippen LogP contribution in [0, 0.1) is 13.8 Å². The van der Waals surface area contributed by atoms with Crippen LogP contribution < -0.4 is 15.4 Å². The Balaban J connectivity index is 0.000000228. The van der Waals surface area contributed by atoms with Gasteiger partial charge in [-0.2, -0.15) is 9.78 Å². The lowest BCUT2D eigenvalue weighted by Crippen LogP contribution is -2.35. The average molecular weight is 623 g/mol. The van der Waals surface area contributed by atoms with Crippen molar-refractivity contribution in [2.45, 2.75) is 66.7 Å². The second-order valence-corrected chi connectivity index (χ2v) is 11.7. The number of benzene rings is 2. The summed E-state index contributed by atoms with van der Waals surface area (Å²) in [5.41, 5.74) is 2.98. The molecule has 0 N–H and O–H groups in total. The normalized spacial score (nSPS) is 11.3. The van der Waals surface area contributed by atoms with Gasteiger partial charge in [-0.05, 0) is 51.0 Å². The zero-order valence-electron chi connectivity index (χ0n) is 24.1. The summed E-state index contributed by atoms with van der Waals surface area (Å²) in [5, 5.41) is 9.01. The van der Waals surface area contributed by atoms with Gasteiger partial charge >= 0.3 is 5.76 Å². The second-order valence-electron chi connectivity index (χ2n) is 10.6. The summed E-state index contributed by atoms with van der Waals surface area (Å²) < 4.78 is 13.6. The lowest BCUT2D eigenvalue weighted by Gasteiger charge is -2.25. The molecular weight excluding hydrogens is 589 g/mol. The molecular formula is C29H34Cl3N5O4. The molecule has 0 atom stereocenters. The average Bonchev–Trinajstić information content (AvgIpc) is 3.54.